The Morgan fingerprint density at radius 3 is 1.67 bits per heavy atom. The van der Waals surface area contributed by atoms with Gasteiger partial charge in [-0.15, -0.1) is 0 Å². The van der Waals surface area contributed by atoms with Crippen LogP contribution in [0.1, 0.15) is 120 Å². The van der Waals surface area contributed by atoms with Gasteiger partial charge in [0.15, 0.2) is 25.2 Å². The Hall–Kier alpha value is -1.18. The molecule has 0 aromatic heterocycles. The Morgan fingerprint density at radius 1 is 0.590 bits per heavy atom. The van der Waals surface area contributed by atoms with Gasteiger partial charge in [-0.1, -0.05) is 60.1 Å². The average Bonchev–Trinajstić information content (AvgIpc) is 3.38. The third kappa shape index (κ3) is 10.9. The van der Waals surface area contributed by atoms with E-state index in [4.69, 9.17) is 37.9 Å². The molecule has 23 nitrogen and oxygen atoms in total. The van der Waals surface area contributed by atoms with E-state index in [9.17, 15) is 76.6 Å². The molecule has 4 saturated heterocycles. The molecule has 23 heteroatoms. The van der Waals surface area contributed by atoms with Gasteiger partial charge >= 0.3 is 0 Å². The average molecular weight is 1120 g/mol. The molecule has 452 valence electrons. The number of allylic oxidation sites excluding steroid dienone is 1. The number of aliphatic hydroxyl groups is 15. The van der Waals surface area contributed by atoms with Crippen LogP contribution in [-0.2, 0) is 37.9 Å². The molecule has 4 aliphatic carbocycles. The normalized spacial score (nSPS) is 51.4. The van der Waals surface area contributed by atoms with Crippen molar-refractivity contribution in [3.8, 4) is 0 Å². The van der Waals surface area contributed by atoms with E-state index in [1.165, 1.54) is 0 Å². The molecule has 0 spiro atoms. The first kappa shape index (κ1) is 62.9. The summed E-state index contributed by atoms with van der Waals surface area (Å²) in [7, 11) is 0. The second-order valence-electron chi connectivity index (χ2n) is 26.1. The molecule has 8 aliphatic rings. The standard InChI is InChI=1S/C55H94O23/c1-10-27-35(60)39(64)42(67)47(71-27)78-46-41(66)37(62)29(21-57)74-50(46)76-34(52(5,6)70)15-11-23(2)24-17-18-53(7)31-14-12-25-26(55(31,9)32(59)19-54(24,53)8)13-16-33(51(25,3)4)75-49-44(69)45(38(63)30(22-58)73-49)77-48-43(68)40(65)36(61)28(20-56)72-48/h12,23-24,26-50,56-70H,10-11,13-22H2,1-9H3/t23-,24?,26?,27+,28-,29-,30-,31?,32-,33+,34-,35+,36-,37-,38-,39-,40+,41+,42+,43-,44-,45+,46-,47-,48+,49+,50+,53+,54-,55+/m1/s1. The van der Waals surface area contributed by atoms with Gasteiger partial charge < -0.3 is 114 Å². The summed E-state index contributed by atoms with van der Waals surface area (Å²) >= 11 is 0. The van der Waals surface area contributed by atoms with Crippen molar-refractivity contribution in [3.05, 3.63) is 11.6 Å². The van der Waals surface area contributed by atoms with Gasteiger partial charge in [0.05, 0.1) is 49.8 Å². The van der Waals surface area contributed by atoms with Gasteiger partial charge in [0.2, 0.25) is 0 Å². The molecule has 15 N–H and O–H groups in total. The minimum absolute atomic E-state index is 0.0346. The lowest BCUT2D eigenvalue weighted by Crippen LogP contribution is -2.66. The highest BCUT2D eigenvalue weighted by atomic mass is 16.8. The Kier molecular flexibility index (Phi) is 19.1. The summed E-state index contributed by atoms with van der Waals surface area (Å²) < 4.78 is 48.2. The van der Waals surface area contributed by atoms with Crippen molar-refractivity contribution in [1.29, 1.82) is 0 Å². The summed E-state index contributed by atoms with van der Waals surface area (Å²) in [5, 5.41) is 163. The predicted molar refractivity (Wildman–Crippen MR) is 271 cm³/mol. The molecule has 0 radical (unpaired) electrons. The molecular weight excluding hydrogens is 1030 g/mol. The fraction of sp³-hybridized carbons (Fsp3) is 0.964. The number of ether oxygens (including phenoxy) is 8. The second kappa shape index (κ2) is 23.7. The fourth-order valence-corrected chi connectivity index (χ4v) is 15.9. The van der Waals surface area contributed by atoms with Crippen LogP contribution >= 0.6 is 0 Å². The summed E-state index contributed by atoms with van der Waals surface area (Å²) in [6.45, 7) is 16.0. The zero-order valence-electron chi connectivity index (χ0n) is 46.6. The van der Waals surface area contributed by atoms with E-state index in [1.54, 1.807) is 20.8 Å². The van der Waals surface area contributed by atoms with Gasteiger partial charge in [0.1, 0.15) is 91.6 Å². The van der Waals surface area contributed by atoms with Crippen molar-refractivity contribution in [3.63, 3.8) is 0 Å². The Balaban J connectivity index is 0.957. The first-order valence-electron chi connectivity index (χ1n) is 28.4. The quantitative estimate of drug-likeness (QED) is 0.0714. The molecule has 7 fully saturated rings. The lowest BCUT2D eigenvalue weighted by Gasteiger charge is -2.67. The fourth-order valence-electron chi connectivity index (χ4n) is 15.9. The second-order valence-corrected chi connectivity index (χ2v) is 26.1. The molecule has 0 amide bonds. The Labute approximate surface area is 457 Å². The van der Waals surface area contributed by atoms with E-state index in [1.807, 2.05) is 0 Å². The lowest BCUT2D eigenvalue weighted by molar-refractivity contribution is -0.374. The van der Waals surface area contributed by atoms with E-state index < -0.39 is 177 Å². The molecule has 78 heavy (non-hydrogen) atoms. The molecule has 0 aromatic rings. The predicted octanol–water partition coefficient (Wildman–Crippen LogP) is -1.81. The molecule has 30 atom stereocenters. The van der Waals surface area contributed by atoms with Crippen LogP contribution in [0.5, 0.6) is 0 Å². The van der Waals surface area contributed by atoms with Gasteiger partial charge in [-0.3, -0.25) is 0 Å². The van der Waals surface area contributed by atoms with Crippen molar-refractivity contribution >= 4 is 0 Å². The molecular formula is C55H94O23. The monoisotopic (exact) mass is 1120 g/mol. The first-order valence-corrected chi connectivity index (χ1v) is 28.4. The molecule has 3 unspecified atom stereocenters. The van der Waals surface area contributed by atoms with Crippen LogP contribution in [-0.4, -0.2) is 243 Å². The highest BCUT2D eigenvalue weighted by Gasteiger charge is 2.70. The zero-order chi connectivity index (χ0) is 57.5. The minimum atomic E-state index is -1.82. The molecule has 4 heterocycles. The highest BCUT2D eigenvalue weighted by Crippen LogP contribution is 2.75. The van der Waals surface area contributed by atoms with Crippen molar-refractivity contribution in [2.75, 3.05) is 19.8 Å². The number of rotatable bonds is 17. The summed E-state index contributed by atoms with van der Waals surface area (Å²) in [5.41, 5.74) is -2.08. The van der Waals surface area contributed by atoms with E-state index >= 15 is 0 Å². The number of hydrogen-bond acceptors (Lipinski definition) is 23. The van der Waals surface area contributed by atoms with Gasteiger partial charge in [-0.05, 0) is 106 Å². The smallest absolute Gasteiger partial charge is 0.187 e. The van der Waals surface area contributed by atoms with Crippen LogP contribution in [0.2, 0.25) is 0 Å². The Bertz CT molecular complexity index is 2020. The topological polar surface area (TPSA) is 377 Å². The third-order valence-corrected chi connectivity index (χ3v) is 21.0. The maximum absolute atomic E-state index is 12.8. The summed E-state index contributed by atoms with van der Waals surface area (Å²) in [5.74, 6) is 0.275. The van der Waals surface area contributed by atoms with Crippen LogP contribution in [0.15, 0.2) is 11.6 Å². The van der Waals surface area contributed by atoms with Gasteiger partial charge in [0.25, 0.3) is 0 Å². The number of fused-ring (bicyclic) bond motifs is 5. The number of hydrogen-bond donors (Lipinski definition) is 15. The van der Waals surface area contributed by atoms with Crippen molar-refractivity contribution < 1.29 is 114 Å². The summed E-state index contributed by atoms with van der Waals surface area (Å²) in [4.78, 5) is 0. The third-order valence-electron chi connectivity index (χ3n) is 21.0. The zero-order valence-corrected chi connectivity index (χ0v) is 46.6. The summed E-state index contributed by atoms with van der Waals surface area (Å²) in [6.07, 6.45) is -25.4. The van der Waals surface area contributed by atoms with Crippen LogP contribution in [0.25, 0.3) is 0 Å². The van der Waals surface area contributed by atoms with Crippen LogP contribution in [0.4, 0.5) is 0 Å². The maximum atomic E-state index is 12.8. The lowest BCUT2D eigenvalue weighted by atomic mass is 9.38. The van der Waals surface area contributed by atoms with E-state index in [-0.39, 0.29) is 40.9 Å². The largest absolute Gasteiger partial charge is 0.394 e. The van der Waals surface area contributed by atoms with Crippen molar-refractivity contribution in [1.82, 2.24) is 0 Å². The minimum Gasteiger partial charge on any atom is -0.394 e. The van der Waals surface area contributed by atoms with Gasteiger partial charge in [-0.25, -0.2) is 0 Å². The van der Waals surface area contributed by atoms with E-state index in [0.29, 0.717) is 38.5 Å². The maximum Gasteiger partial charge on any atom is 0.187 e. The number of aliphatic hydroxyl groups excluding tert-OH is 14. The Morgan fingerprint density at radius 2 is 1.10 bits per heavy atom. The summed E-state index contributed by atoms with van der Waals surface area (Å²) in [6, 6.07) is 0. The van der Waals surface area contributed by atoms with E-state index in [2.05, 4.69) is 47.6 Å². The first-order chi connectivity index (χ1) is 36.5. The van der Waals surface area contributed by atoms with Gasteiger partial charge in [0, 0.05) is 10.8 Å². The SMILES string of the molecule is CC[C@@H]1O[C@H](O[C@H]2[C@H](O[C@H](CC[C@@H](C)C3CC[C@@]4(C)C5CC=C6C(CC[C@H](O[C@@H]7O[C@H](CO)[C@@H](O)[C@H](O[C@@H]8O[C@H](CO)[C@@H](O)[C@H](O)[C@H]8O)[C@H]7O)C6(C)C)[C@]5(C)[C@H](O)C[C@]34C)C(C)(C)O)O[C@H](CO)[C@@H](O)[C@@H]2O)[C@@H](O)[C@H](O)[C@H]1O. The van der Waals surface area contributed by atoms with Crippen LogP contribution < -0.4 is 0 Å². The molecule has 8 rings (SSSR count). The van der Waals surface area contributed by atoms with Crippen molar-refractivity contribution in [2.24, 2.45) is 45.3 Å². The van der Waals surface area contributed by atoms with Crippen LogP contribution in [0, 0.1) is 45.3 Å². The molecule has 0 bridgehead atoms. The molecule has 4 aliphatic heterocycles. The van der Waals surface area contributed by atoms with Crippen molar-refractivity contribution in [2.45, 2.75) is 267 Å². The van der Waals surface area contributed by atoms with Crippen LogP contribution in [0.3, 0.4) is 0 Å². The highest BCUT2D eigenvalue weighted by molar-refractivity contribution is 5.32. The molecule has 0 aromatic carbocycles. The van der Waals surface area contributed by atoms with Gasteiger partial charge in [-0.2, -0.15) is 0 Å². The van der Waals surface area contributed by atoms with E-state index in [0.717, 1.165) is 18.4 Å². The molecule has 3 saturated carbocycles.